The Morgan fingerprint density at radius 3 is 2.69 bits per heavy atom. The van der Waals surface area contributed by atoms with Crippen molar-refractivity contribution in [3.63, 3.8) is 0 Å². The Kier molecular flexibility index (Phi) is 8.15. The lowest BCUT2D eigenvalue weighted by Crippen LogP contribution is -2.40. The van der Waals surface area contributed by atoms with Gasteiger partial charge in [0.1, 0.15) is 11.6 Å². The van der Waals surface area contributed by atoms with Crippen LogP contribution < -0.4 is 15.4 Å². The molecule has 3 rings (SSSR count). The van der Waals surface area contributed by atoms with Gasteiger partial charge in [-0.15, -0.1) is 24.0 Å². The molecule has 0 aliphatic carbocycles. The molecule has 1 atom stereocenters. The summed E-state index contributed by atoms with van der Waals surface area (Å²) in [5.41, 5.74) is 2.35. The van der Waals surface area contributed by atoms with Gasteiger partial charge in [0.15, 0.2) is 5.96 Å². The maximum Gasteiger partial charge on any atom is 0.191 e. The molecule has 1 aliphatic rings. The number of aliphatic imine (C=N–C) groups is 1. The summed E-state index contributed by atoms with van der Waals surface area (Å²) in [6.07, 6.45) is 1.82. The summed E-state index contributed by atoms with van der Waals surface area (Å²) in [4.78, 5) is 4.28. The first-order valence-electron chi connectivity index (χ1n) is 8.67. The smallest absolute Gasteiger partial charge is 0.191 e. The van der Waals surface area contributed by atoms with E-state index in [4.69, 9.17) is 4.74 Å². The van der Waals surface area contributed by atoms with Gasteiger partial charge in [0.2, 0.25) is 0 Å². The van der Waals surface area contributed by atoms with E-state index in [1.165, 1.54) is 17.7 Å². The molecule has 0 saturated carbocycles. The highest BCUT2D eigenvalue weighted by atomic mass is 127. The third-order valence-electron chi connectivity index (χ3n) is 4.44. The maximum atomic E-state index is 12.9. The zero-order chi connectivity index (χ0) is 17.5. The Labute approximate surface area is 171 Å². The average Bonchev–Trinajstić information content (AvgIpc) is 2.66. The SMILES string of the molecule is CN=C(NCCc1ccc(F)cc1)NCC1CCOc2ccccc21.I. The van der Waals surface area contributed by atoms with Crippen molar-refractivity contribution in [1.82, 2.24) is 10.6 Å². The van der Waals surface area contributed by atoms with Gasteiger partial charge >= 0.3 is 0 Å². The third kappa shape index (κ3) is 5.59. The van der Waals surface area contributed by atoms with E-state index in [0.717, 1.165) is 49.8 Å². The van der Waals surface area contributed by atoms with E-state index < -0.39 is 0 Å². The lowest BCUT2D eigenvalue weighted by atomic mass is 9.93. The summed E-state index contributed by atoms with van der Waals surface area (Å²) in [6.45, 7) is 2.31. The molecule has 0 fully saturated rings. The molecule has 0 radical (unpaired) electrons. The predicted octanol–water partition coefficient (Wildman–Crippen LogP) is 3.72. The van der Waals surface area contributed by atoms with Gasteiger partial charge in [0, 0.05) is 26.1 Å². The minimum Gasteiger partial charge on any atom is -0.493 e. The Balaban J connectivity index is 0.00000243. The molecular weight excluding hydrogens is 444 g/mol. The van der Waals surface area contributed by atoms with E-state index in [0.29, 0.717) is 5.92 Å². The van der Waals surface area contributed by atoms with Crippen molar-refractivity contribution in [1.29, 1.82) is 0 Å². The van der Waals surface area contributed by atoms with Crippen LogP contribution in [0.5, 0.6) is 5.75 Å². The molecule has 4 nitrogen and oxygen atoms in total. The molecule has 140 valence electrons. The molecule has 2 aromatic carbocycles. The molecule has 0 saturated heterocycles. The van der Waals surface area contributed by atoms with Crippen molar-refractivity contribution >= 4 is 29.9 Å². The van der Waals surface area contributed by atoms with Crippen LogP contribution in [-0.4, -0.2) is 32.7 Å². The first-order chi connectivity index (χ1) is 12.3. The lowest BCUT2D eigenvalue weighted by molar-refractivity contribution is 0.267. The second-order valence-electron chi connectivity index (χ2n) is 6.13. The van der Waals surface area contributed by atoms with Crippen LogP contribution in [0.1, 0.15) is 23.5 Å². The first kappa shape index (κ1) is 20.5. The van der Waals surface area contributed by atoms with E-state index in [2.05, 4.69) is 27.8 Å². The summed E-state index contributed by atoms with van der Waals surface area (Å²) in [6, 6.07) is 14.8. The van der Waals surface area contributed by atoms with Crippen LogP contribution in [0.25, 0.3) is 0 Å². The number of nitrogens with zero attached hydrogens (tertiary/aromatic N) is 1. The molecule has 0 bridgehead atoms. The average molecular weight is 469 g/mol. The van der Waals surface area contributed by atoms with Crippen LogP contribution in [0, 0.1) is 5.82 Å². The summed E-state index contributed by atoms with van der Waals surface area (Å²) < 4.78 is 18.6. The maximum absolute atomic E-state index is 12.9. The minimum absolute atomic E-state index is 0. The first-order valence-corrected chi connectivity index (χ1v) is 8.67. The number of hydrogen-bond donors (Lipinski definition) is 2. The summed E-state index contributed by atoms with van der Waals surface area (Å²) in [7, 11) is 1.77. The lowest BCUT2D eigenvalue weighted by Gasteiger charge is -2.26. The fraction of sp³-hybridized carbons (Fsp3) is 0.350. The number of rotatable bonds is 5. The molecule has 1 unspecified atom stereocenters. The van der Waals surface area contributed by atoms with E-state index in [9.17, 15) is 4.39 Å². The summed E-state index contributed by atoms with van der Waals surface area (Å²) >= 11 is 0. The Morgan fingerprint density at radius 1 is 1.15 bits per heavy atom. The van der Waals surface area contributed by atoms with Crippen molar-refractivity contribution in [3.8, 4) is 5.75 Å². The molecule has 0 spiro atoms. The van der Waals surface area contributed by atoms with Crippen LogP contribution in [0.2, 0.25) is 0 Å². The van der Waals surface area contributed by atoms with Crippen molar-refractivity contribution in [2.75, 3.05) is 26.7 Å². The van der Waals surface area contributed by atoms with Gasteiger partial charge in [0.05, 0.1) is 6.61 Å². The second-order valence-corrected chi connectivity index (χ2v) is 6.13. The monoisotopic (exact) mass is 469 g/mol. The molecule has 1 aliphatic heterocycles. The minimum atomic E-state index is -0.203. The van der Waals surface area contributed by atoms with Gasteiger partial charge in [-0.3, -0.25) is 4.99 Å². The quantitative estimate of drug-likeness (QED) is 0.399. The highest BCUT2D eigenvalue weighted by molar-refractivity contribution is 14.0. The predicted molar refractivity (Wildman–Crippen MR) is 114 cm³/mol. The zero-order valence-corrected chi connectivity index (χ0v) is 17.2. The molecule has 2 aromatic rings. The number of benzene rings is 2. The van der Waals surface area contributed by atoms with Crippen molar-refractivity contribution in [3.05, 3.63) is 65.5 Å². The number of halogens is 2. The van der Waals surface area contributed by atoms with E-state index in [-0.39, 0.29) is 29.8 Å². The highest BCUT2D eigenvalue weighted by Crippen LogP contribution is 2.32. The molecule has 6 heteroatoms. The van der Waals surface area contributed by atoms with E-state index in [1.54, 1.807) is 7.05 Å². The van der Waals surface area contributed by atoms with E-state index >= 15 is 0 Å². The molecule has 26 heavy (non-hydrogen) atoms. The number of hydrogen-bond acceptors (Lipinski definition) is 2. The number of guanidine groups is 1. The van der Waals surface area contributed by atoms with Crippen LogP contribution in [-0.2, 0) is 6.42 Å². The normalized spacial score (nSPS) is 16.1. The number of ether oxygens (including phenoxy) is 1. The Hall–Kier alpha value is -1.83. The molecule has 0 aromatic heterocycles. The number of para-hydroxylation sites is 1. The van der Waals surface area contributed by atoms with Gasteiger partial charge in [-0.1, -0.05) is 30.3 Å². The fourth-order valence-corrected chi connectivity index (χ4v) is 3.04. The van der Waals surface area contributed by atoms with Gasteiger partial charge in [-0.2, -0.15) is 0 Å². The summed E-state index contributed by atoms with van der Waals surface area (Å²) in [5, 5.41) is 6.71. The van der Waals surface area contributed by atoms with Gasteiger partial charge in [0.25, 0.3) is 0 Å². The topological polar surface area (TPSA) is 45.7 Å². The van der Waals surface area contributed by atoms with Gasteiger partial charge < -0.3 is 15.4 Å². The largest absolute Gasteiger partial charge is 0.493 e. The van der Waals surface area contributed by atoms with Crippen LogP contribution in [0.4, 0.5) is 4.39 Å². The molecule has 0 amide bonds. The summed E-state index contributed by atoms with van der Waals surface area (Å²) in [5.74, 6) is 1.98. The van der Waals surface area contributed by atoms with Gasteiger partial charge in [-0.25, -0.2) is 4.39 Å². The zero-order valence-electron chi connectivity index (χ0n) is 14.9. The Morgan fingerprint density at radius 2 is 1.92 bits per heavy atom. The number of nitrogens with one attached hydrogen (secondary N) is 2. The molecular formula is C20H25FIN3O. The van der Waals surface area contributed by atoms with Crippen molar-refractivity contribution in [2.45, 2.75) is 18.8 Å². The van der Waals surface area contributed by atoms with Crippen molar-refractivity contribution < 1.29 is 9.13 Å². The fourth-order valence-electron chi connectivity index (χ4n) is 3.04. The highest BCUT2D eigenvalue weighted by Gasteiger charge is 2.20. The molecule has 2 N–H and O–H groups in total. The van der Waals surface area contributed by atoms with Gasteiger partial charge in [-0.05, 0) is 42.2 Å². The standard InChI is InChI=1S/C20H24FN3O.HI/c1-22-20(23-12-10-15-6-8-17(21)9-7-15)24-14-16-11-13-25-19-5-3-2-4-18(16)19;/h2-9,16H,10-14H2,1H3,(H2,22,23,24);1H. The molecule has 1 heterocycles. The van der Waals surface area contributed by atoms with Crippen LogP contribution >= 0.6 is 24.0 Å². The van der Waals surface area contributed by atoms with E-state index in [1.807, 2.05) is 24.3 Å². The third-order valence-corrected chi connectivity index (χ3v) is 4.44. The van der Waals surface area contributed by atoms with Crippen LogP contribution in [0.15, 0.2) is 53.5 Å². The van der Waals surface area contributed by atoms with Crippen LogP contribution in [0.3, 0.4) is 0 Å². The number of fused-ring (bicyclic) bond motifs is 1. The van der Waals surface area contributed by atoms with Crippen molar-refractivity contribution in [2.24, 2.45) is 4.99 Å². The second kappa shape index (κ2) is 10.4. The Bertz CT molecular complexity index is 721.